The van der Waals surface area contributed by atoms with E-state index in [0.717, 1.165) is 16.7 Å². The van der Waals surface area contributed by atoms with Crippen LogP contribution in [0.25, 0.3) is 22.3 Å². The number of hydrogen-bond acceptors (Lipinski definition) is 0. The minimum Gasteiger partial charge on any atom is -0.347 e. The van der Waals surface area contributed by atoms with Crippen molar-refractivity contribution >= 4 is 0 Å². The molecule has 1 heterocycles. The normalized spacial score (nSPS) is 11.5. The Morgan fingerprint density at radius 1 is 0.792 bits per heavy atom. The van der Waals surface area contributed by atoms with Gasteiger partial charge in [0.25, 0.3) is 0 Å². The van der Waals surface area contributed by atoms with Gasteiger partial charge in [-0.05, 0) is 31.4 Å². The van der Waals surface area contributed by atoms with Crippen molar-refractivity contribution in [3.63, 3.8) is 0 Å². The first-order valence-corrected chi connectivity index (χ1v) is 8.55. The van der Waals surface area contributed by atoms with E-state index < -0.39 is 0 Å². The van der Waals surface area contributed by atoms with Gasteiger partial charge in [-0.25, -0.2) is 4.39 Å². The molecule has 0 saturated carbocycles. The molecule has 0 radical (unpaired) electrons. The summed E-state index contributed by atoms with van der Waals surface area (Å²) in [5.41, 5.74) is 5.17. The molecule has 1 aromatic heterocycles. The Morgan fingerprint density at radius 3 is 2.00 bits per heavy atom. The average Bonchev–Trinajstić information content (AvgIpc) is 2.97. The molecule has 0 spiro atoms. The van der Waals surface area contributed by atoms with E-state index >= 15 is 0 Å². The molecule has 1 nitrogen and oxygen atoms in total. The summed E-state index contributed by atoms with van der Waals surface area (Å²) in [6.45, 7) is 8.75. The molecule has 0 amide bonds. The Kier molecular flexibility index (Phi) is 4.57. The standard InChI is InChI=1S/C22H24FN/c1-15(2)22-21(17-10-6-5-7-11-17)19(14-24(22)16(3)4)18-12-8-9-13-20(18)23/h5-16H,1-4H3. The number of halogens is 1. The highest BCUT2D eigenvalue weighted by molar-refractivity contribution is 5.86. The average molecular weight is 321 g/mol. The third-order valence-electron chi connectivity index (χ3n) is 4.40. The van der Waals surface area contributed by atoms with Crippen LogP contribution < -0.4 is 0 Å². The summed E-state index contributed by atoms with van der Waals surface area (Å²) in [5, 5.41) is 0. The number of benzene rings is 2. The molecule has 3 rings (SSSR count). The van der Waals surface area contributed by atoms with Crippen LogP contribution in [0.1, 0.15) is 45.3 Å². The first kappa shape index (κ1) is 16.5. The minimum atomic E-state index is -0.175. The van der Waals surface area contributed by atoms with Crippen LogP contribution in [-0.4, -0.2) is 4.57 Å². The lowest BCUT2D eigenvalue weighted by Gasteiger charge is -2.18. The molecule has 0 atom stereocenters. The SMILES string of the molecule is CC(C)c1c(-c2ccccc2)c(-c2ccccc2F)cn1C(C)C. The summed E-state index contributed by atoms with van der Waals surface area (Å²) in [7, 11) is 0. The molecule has 0 unspecified atom stereocenters. The van der Waals surface area contributed by atoms with Crippen molar-refractivity contribution in [3.05, 3.63) is 72.3 Å². The molecule has 0 bridgehead atoms. The number of rotatable bonds is 4. The van der Waals surface area contributed by atoms with Gasteiger partial charge in [-0.1, -0.05) is 62.4 Å². The summed E-state index contributed by atoms with van der Waals surface area (Å²) in [5.74, 6) is 0.175. The molecule has 2 aromatic carbocycles. The maximum atomic E-state index is 14.5. The van der Waals surface area contributed by atoms with Crippen LogP contribution in [0.4, 0.5) is 4.39 Å². The van der Waals surface area contributed by atoms with Gasteiger partial charge in [0.1, 0.15) is 5.82 Å². The highest BCUT2D eigenvalue weighted by atomic mass is 19.1. The molecule has 24 heavy (non-hydrogen) atoms. The predicted molar refractivity (Wildman–Crippen MR) is 99.7 cm³/mol. The summed E-state index contributed by atoms with van der Waals surface area (Å²) >= 11 is 0. The van der Waals surface area contributed by atoms with Crippen molar-refractivity contribution < 1.29 is 4.39 Å². The monoisotopic (exact) mass is 321 g/mol. The summed E-state index contributed by atoms with van der Waals surface area (Å²) < 4.78 is 16.8. The third-order valence-corrected chi connectivity index (χ3v) is 4.40. The molecule has 2 heteroatoms. The smallest absolute Gasteiger partial charge is 0.131 e. The Labute approximate surface area is 143 Å². The van der Waals surface area contributed by atoms with E-state index in [9.17, 15) is 4.39 Å². The second-order valence-corrected chi connectivity index (χ2v) is 6.80. The molecule has 124 valence electrons. The van der Waals surface area contributed by atoms with Crippen molar-refractivity contribution in [2.24, 2.45) is 0 Å². The van der Waals surface area contributed by atoms with Gasteiger partial charge in [-0.2, -0.15) is 0 Å². The zero-order chi connectivity index (χ0) is 17.3. The second kappa shape index (κ2) is 6.64. The van der Waals surface area contributed by atoms with Crippen LogP contribution in [0.2, 0.25) is 0 Å². The summed E-state index contributed by atoms with van der Waals surface area (Å²) in [6.07, 6.45) is 2.11. The van der Waals surface area contributed by atoms with Gasteiger partial charge >= 0.3 is 0 Å². The highest BCUT2D eigenvalue weighted by Gasteiger charge is 2.23. The van der Waals surface area contributed by atoms with E-state index in [1.807, 2.05) is 30.3 Å². The van der Waals surface area contributed by atoms with Crippen LogP contribution in [0.15, 0.2) is 60.8 Å². The van der Waals surface area contributed by atoms with Gasteiger partial charge in [0, 0.05) is 34.6 Å². The predicted octanol–water partition coefficient (Wildman–Crippen LogP) is 6.67. The molecule has 0 aliphatic rings. The van der Waals surface area contributed by atoms with Gasteiger partial charge in [0.05, 0.1) is 0 Å². The van der Waals surface area contributed by atoms with E-state index in [0.29, 0.717) is 17.5 Å². The van der Waals surface area contributed by atoms with Gasteiger partial charge in [0.2, 0.25) is 0 Å². The Bertz CT molecular complexity index is 828. The first-order chi connectivity index (χ1) is 11.5. The quantitative estimate of drug-likeness (QED) is 0.506. The largest absolute Gasteiger partial charge is 0.347 e. The topological polar surface area (TPSA) is 4.93 Å². The van der Waals surface area contributed by atoms with E-state index in [1.165, 1.54) is 11.8 Å². The lowest BCUT2D eigenvalue weighted by Crippen LogP contribution is -2.06. The maximum absolute atomic E-state index is 14.5. The molecular formula is C22H24FN. The number of nitrogens with zero attached hydrogens (tertiary/aromatic N) is 1. The van der Waals surface area contributed by atoms with Gasteiger partial charge in [0.15, 0.2) is 0 Å². The fourth-order valence-corrected chi connectivity index (χ4v) is 3.35. The molecule has 0 aliphatic heterocycles. The summed E-state index contributed by atoms with van der Waals surface area (Å²) in [4.78, 5) is 0. The van der Waals surface area contributed by atoms with Crippen LogP contribution in [0, 0.1) is 5.82 Å². The van der Waals surface area contributed by atoms with E-state index in [2.05, 4.69) is 50.6 Å². The van der Waals surface area contributed by atoms with Gasteiger partial charge in [-0.3, -0.25) is 0 Å². The van der Waals surface area contributed by atoms with Gasteiger partial charge < -0.3 is 4.57 Å². The van der Waals surface area contributed by atoms with E-state index in [1.54, 1.807) is 6.07 Å². The lowest BCUT2D eigenvalue weighted by atomic mass is 9.93. The maximum Gasteiger partial charge on any atom is 0.131 e. The Balaban J connectivity index is 2.37. The molecule has 3 aromatic rings. The van der Waals surface area contributed by atoms with Crippen molar-refractivity contribution in [2.75, 3.05) is 0 Å². The van der Waals surface area contributed by atoms with Crippen LogP contribution >= 0.6 is 0 Å². The molecule has 0 aliphatic carbocycles. The minimum absolute atomic E-state index is 0.175. The van der Waals surface area contributed by atoms with Crippen molar-refractivity contribution in [1.29, 1.82) is 0 Å². The van der Waals surface area contributed by atoms with Crippen LogP contribution in [0.5, 0.6) is 0 Å². The fraction of sp³-hybridized carbons (Fsp3) is 0.273. The van der Waals surface area contributed by atoms with E-state index in [4.69, 9.17) is 0 Å². The summed E-state index contributed by atoms with van der Waals surface area (Å²) in [6, 6.07) is 17.7. The molecule has 0 N–H and O–H groups in total. The molecular weight excluding hydrogens is 297 g/mol. The zero-order valence-electron chi connectivity index (χ0n) is 14.8. The lowest BCUT2D eigenvalue weighted by molar-refractivity contribution is 0.561. The highest BCUT2D eigenvalue weighted by Crippen LogP contribution is 2.41. The van der Waals surface area contributed by atoms with Crippen molar-refractivity contribution in [2.45, 2.75) is 39.7 Å². The molecule has 0 saturated heterocycles. The zero-order valence-corrected chi connectivity index (χ0v) is 14.8. The fourth-order valence-electron chi connectivity index (χ4n) is 3.35. The first-order valence-electron chi connectivity index (χ1n) is 8.55. The Morgan fingerprint density at radius 2 is 1.42 bits per heavy atom. The Hall–Kier alpha value is -2.35. The van der Waals surface area contributed by atoms with Crippen LogP contribution in [-0.2, 0) is 0 Å². The van der Waals surface area contributed by atoms with Crippen molar-refractivity contribution in [1.82, 2.24) is 4.57 Å². The van der Waals surface area contributed by atoms with Crippen molar-refractivity contribution in [3.8, 4) is 22.3 Å². The van der Waals surface area contributed by atoms with E-state index in [-0.39, 0.29) is 5.82 Å². The second-order valence-electron chi connectivity index (χ2n) is 6.80. The van der Waals surface area contributed by atoms with Gasteiger partial charge in [-0.15, -0.1) is 0 Å². The molecule has 0 fully saturated rings. The number of aromatic nitrogens is 1. The third kappa shape index (κ3) is 2.89. The number of hydrogen-bond donors (Lipinski definition) is 0. The van der Waals surface area contributed by atoms with Crippen LogP contribution in [0.3, 0.4) is 0 Å².